The summed E-state index contributed by atoms with van der Waals surface area (Å²) in [5.41, 5.74) is 0.467. The third-order valence-electron chi connectivity index (χ3n) is 2.93. The van der Waals surface area contributed by atoms with Crippen LogP contribution < -0.4 is 0 Å². The predicted molar refractivity (Wildman–Crippen MR) is 69.2 cm³/mol. The van der Waals surface area contributed by atoms with Crippen LogP contribution in [0.2, 0.25) is 0 Å². The van der Waals surface area contributed by atoms with Gasteiger partial charge in [0.2, 0.25) is 5.91 Å². The third-order valence-corrected chi connectivity index (χ3v) is 2.93. The van der Waals surface area contributed by atoms with Crippen LogP contribution in [0.3, 0.4) is 0 Å². The summed E-state index contributed by atoms with van der Waals surface area (Å²) in [5, 5.41) is 8.73. The average molecular weight is 267 g/mol. The number of rotatable bonds is 6. The normalized spacial score (nSPS) is 11.9. The van der Waals surface area contributed by atoms with E-state index in [1.807, 2.05) is 0 Å². The first-order valence-electron chi connectivity index (χ1n) is 6.19. The van der Waals surface area contributed by atoms with Crippen LogP contribution in [0, 0.1) is 11.7 Å². The second-order valence-corrected chi connectivity index (χ2v) is 4.44. The molecule has 0 aromatic heterocycles. The Labute approximate surface area is 111 Å². The number of carbonyl (C=O) groups excluding carboxylic acids is 1. The first-order chi connectivity index (χ1) is 8.95. The number of carboxylic acid groups (broad SMARTS) is 1. The molecule has 0 aliphatic rings. The molecule has 0 fully saturated rings. The van der Waals surface area contributed by atoms with Crippen molar-refractivity contribution in [1.82, 2.24) is 4.90 Å². The van der Waals surface area contributed by atoms with E-state index in [9.17, 15) is 14.0 Å². The molecule has 1 aromatic rings. The molecular weight excluding hydrogens is 249 g/mol. The van der Waals surface area contributed by atoms with Gasteiger partial charge >= 0.3 is 5.97 Å². The Morgan fingerprint density at radius 1 is 1.37 bits per heavy atom. The largest absolute Gasteiger partial charge is 0.480 e. The van der Waals surface area contributed by atoms with Gasteiger partial charge in [0.25, 0.3) is 0 Å². The highest BCUT2D eigenvalue weighted by Gasteiger charge is 2.22. The van der Waals surface area contributed by atoms with Gasteiger partial charge in [0.05, 0.1) is 0 Å². The fourth-order valence-electron chi connectivity index (χ4n) is 1.90. The predicted octanol–water partition coefficient (Wildman–Crippen LogP) is 1.94. The molecule has 0 aliphatic heterocycles. The van der Waals surface area contributed by atoms with E-state index >= 15 is 0 Å². The van der Waals surface area contributed by atoms with Crippen LogP contribution in [0.15, 0.2) is 24.3 Å². The van der Waals surface area contributed by atoms with Gasteiger partial charge in [0.1, 0.15) is 12.4 Å². The highest BCUT2D eigenvalue weighted by atomic mass is 19.1. The molecule has 104 valence electrons. The number of amides is 1. The van der Waals surface area contributed by atoms with Crippen LogP contribution in [0.25, 0.3) is 0 Å². The Morgan fingerprint density at radius 2 is 2.00 bits per heavy atom. The molecule has 1 amide bonds. The molecule has 1 N–H and O–H groups in total. The molecule has 1 atom stereocenters. The quantitative estimate of drug-likeness (QED) is 0.857. The van der Waals surface area contributed by atoms with Crippen molar-refractivity contribution in [1.29, 1.82) is 0 Å². The molecule has 0 bridgehead atoms. The molecule has 0 saturated carbocycles. The van der Waals surface area contributed by atoms with Crippen molar-refractivity contribution in [3.8, 4) is 0 Å². The molecule has 0 heterocycles. The van der Waals surface area contributed by atoms with Gasteiger partial charge in [0, 0.05) is 12.5 Å². The van der Waals surface area contributed by atoms with Crippen molar-refractivity contribution in [2.45, 2.75) is 20.3 Å². The summed E-state index contributed by atoms with van der Waals surface area (Å²) < 4.78 is 13.5. The van der Waals surface area contributed by atoms with Gasteiger partial charge in [0.15, 0.2) is 0 Å². The molecule has 19 heavy (non-hydrogen) atoms. The summed E-state index contributed by atoms with van der Waals surface area (Å²) in [6.45, 7) is 3.40. The lowest BCUT2D eigenvalue weighted by molar-refractivity contribution is -0.145. The number of likely N-dealkylation sites (N-methyl/N-ethyl adjacent to an activating group) is 1. The minimum atomic E-state index is -1.05. The number of carbonyl (C=O) groups is 2. The Hall–Kier alpha value is -1.91. The lowest BCUT2D eigenvalue weighted by atomic mass is 9.99. The fourth-order valence-corrected chi connectivity index (χ4v) is 1.90. The topological polar surface area (TPSA) is 57.6 Å². The third kappa shape index (κ3) is 4.35. The molecule has 0 spiro atoms. The SMILES string of the molecule is CCN(CC(=O)O)C(=O)C(C)Cc1ccccc1F. The van der Waals surface area contributed by atoms with Crippen molar-refractivity contribution in [3.63, 3.8) is 0 Å². The van der Waals surface area contributed by atoms with E-state index in [1.165, 1.54) is 11.0 Å². The van der Waals surface area contributed by atoms with Crippen molar-refractivity contribution in [2.75, 3.05) is 13.1 Å². The van der Waals surface area contributed by atoms with E-state index in [1.54, 1.807) is 32.0 Å². The summed E-state index contributed by atoms with van der Waals surface area (Å²) in [7, 11) is 0. The van der Waals surface area contributed by atoms with Crippen molar-refractivity contribution < 1.29 is 19.1 Å². The average Bonchev–Trinajstić information content (AvgIpc) is 2.37. The zero-order chi connectivity index (χ0) is 14.4. The second kappa shape index (κ2) is 6.87. The van der Waals surface area contributed by atoms with Crippen LogP contribution in [-0.4, -0.2) is 35.0 Å². The van der Waals surface area contributed by atoms with Crippen molar-refractivity contribution in [2.24, 2.45) is 5.92 Å². The number of hydrogen-bond acceptors (Lipinski definition) is 2. The van der Waals surface area contributed by atoms with Crippen LogP contribution in [0.5, 0.6) is 0 Å². The summed E-state index contributed by atoms with van der Waals surface area (Å²) in [4.78, 5) is 24.0. The molecule has 1 rings (SSSR count). The molecule has 1 aromatic carbocycles. The zero-order valence-corrected chi connectivity index (χ0v) is 11.1. The smallest absolute Gasteiger partial charge is 0.323 e. The highest BCUT2D eigenvalue weighted by Crippen LogP contribution is 2.14. The maximum atomic E-state index is 13.5. The minimum absolute atomic E-state index is 0.266. The number of aliphatic carboxylic acids is 1. The van der Waals surface area contributed by atoms with E-state index in [-0.39, 0.29) is 24.7 Å². The van der Waals surface area contributed by atoms with E-state index < -0.39 is 11.9 Å². The van der Waals surface area contributed by atoms with Gasteiger partial charge in [-0.15, -0.1) is 0 Å². The summed E-state index contributed by atoms with van der Waals surface area (Å²) in [6, 6.07) is 6.28. The molecule has 4 nitrogen and oxygen atoms in total. The Morgan fingerprint density at radius 3 is 2.53 bits per heavy atom. The zero-order valence-electron chi connectivity index (χ0n) is 11.1. The summed E-state index contributed by atoms with van der Waals surface area (Å²) in [5.74, 6) is -2.11. The Balaban J connectivity index is 2.71. The monoisotopic (exact) mass is 267 g/mol. The number of halogens is 1. The van der Waals surface area contributed by atoms with Crippen molar-refractivity contribution >= 4 is 11.9 Å². The van der Waals surface area contributed by atoms with Gasteiger partial charge in [-0.2, -0.15) is 0 Å². The van der Waals surface area contributed by atoms with E-state index in [0.717, 1.165) is 0 Å². The fraction of sp³-hybridized carbons (Fsp3) is 0.429. The van der Waals surface area contributed by atoms with Crippen molar-refractivity contribution in [3.05, 3.63) is 35.6 Å². The van der Waals surface area contributed by atoms with E-state index in [2.05, 4.69) is 0 Å². The molecule has 1 unspecified atom stereocenters. The Kier molecular flexibility index (Phi) is 5.48. The molecule has 0 radical (unpaired) electrons. The Bertz CT molecular complexity index is 462. The lowest BCUT2D eigenvalue weighted by Crippen LogP contribution is -2.39. The van der Waals surface area contributed by atoms with Crippen LogP contribution >= 0.6 is 0 Å². The molecule has 0 saturated heterocycles. The lowest BCUT2D eigenvalue weighted by Gasteiger charge is -2.22. The maximum absolute atomic E-state index is 13.5. The van der Waals surface area contributed by atoms with Crippen LogP contribution in [0.4, 0.5) is 4.39 Å². The number of hydrogen-bond donors (Lipinski definition) is 1. The van der Waals surface area contributed by atoms with Crippen LogP contribution in [0.1, 0.15) is 19.4 Å². The van der Waals surface area contributed by atoms with E-state index in [4.69, 9.17) is 5.11 Å². The maximum Gasteiger partial charge on any atom is 0.323 e. The molecule has 0 aliphatic carbocycles. The molecule has 5 heteroatoms. The number of benzene rings is 1. The van der Waals surface area contributed by atoms with Gasteiger partial charge in [-0.05, 0) is 25.0 Å². The van der Waals surface area contributed by atoms with Gasteiger partial charge in [-0.25, -0.2) is 4.39 Å². The number of nitrogens with zero attached hydrogens (tertiary/aromatic N) is 1. The highest BCUT2D eigenvalue weighted by molar-refractivity contribution is 5.83. The van der Waals surface area contributed by atoms with Crippen LogP contribution in [-0.2, 0) is 16.0 Å². The standard InChI is InChI=1S/C14H18FNO3/c1-3-16(9-13(17)18)14(19)10(2)8-11-6-4-5-7-12(11)15/h4-7,10H,3,8-9H2,1-2H3,(H,17,18). The first kappa shape index (κ1) is 15.1. The summed E-state index contributed by atoms with van der Waals surface area (Å²) >= 11 is 0. The minimum Gasteiger partial charge on any atom is -0.480 e. The van der Waals surface area contributed by atoms with E-state index in [0.29, 0.717) is 12.1 Å². The first-order valence-corrected chi connectivity index (χ1v) is 6.19. The summed E-state index contributed by atoms with van der Waals surface area (Å²) in [6.07, 6.45) is 0.266. The molecular formula is C14H18FNO3. The van der Waals surface area contributed by atoms with Gasteiger partial charge < -0.3 is 10.0 Å². The van der Waals surface area contributed by atoms with Gasteiger partial charge in [-0.3, -0.25) is 9.59 Å². The second-order valence-electron chi connectivity index (χ2n) is 4.44. The number of carboxylic acids is 1. The van der Waals surface area contributed by atoms with Gasteiger partial charge in [-0.1, -0.05) is 25.1 Å².